The molecule has 7 heteroatoms. The van der Waals surface area contributed by atoms with Gasteiger partial charge in [0.05, 0.1) is 16.8 Å². The monoisotopic (exact) mass is 272 g/mol. The van der Waals surface area contributed by atoms with Gasteiger partial charge in [-0.1, -0.05) is 0 Å². The van der Waals surface area contributed by atoms with E-state index < -0.39 is 4.92 Å². The van der Waals surface area contributed by atoms with Crippen LogP contribution in [0, 0.1) is 10.1 Å². The number of benzene rings is 1. The topological polar surface area (TPSA) is 73.8 Å². The van der Waals surface area contributed by atoms with Crippen molar-refractivity contribution in [2.45, 2.75) is 0 Å². The van der Waals surface area contributed by atoms with E-state index in [-0.39, 0.29) is 5.69 Å². The highest BCUT2D eigenvalue weighted by atomic mass is 32.1. The van der Waals surface area contributed by atoms with Crippen molar-refractivity contribution in [1.29, 1.82) is 0 Å². The Bertz CT molecular complexity index is 704. The van der Waals surface area contributed by atoms with Gasteiger partial charge in [-0.05, 0) is 18.2 Å². The number of thiazole rings is 1. The molecule has 0 amide bonds. The van der Waals surface area contributed by atoms with Crippen molar-refractivity contribution < 1.29 is 4.92 Å². The molecule has 19 heavy (non-hydrogen) atoms. The van der Waals surface area contributed by atoms with Crippen LogP contribution in [0.1, 0.15) is 0 Å². The number of nitrogens with zero attached hydrogens (tertiary/aromatic N) is 4. The Kier molecular flexibility index (Phi) is 2.81. The van der Waals surface area contributed by atoms with Gasteiger partial charge in [0, 0.05) is 23.7 Å². The van der Waals surface area contributed by atoms with Crippen molar-refractivity contribution in [3.05, 3.63) is 58.2 Å². The fraction of sp³-hybridized carbons (Fsp3) is 0. The second-order valence-electron chi connectivity index (χ2n) is 3.74. The Labute approximate surface area is 112 Å². The molecule has 0 saturated carbocycles. The fourth-order valence-electron chi connectivity index (χ4n) is 1.74. The first-order valence-electron chi connectivity index (χ1n) is 5.44. The van der Waals surface area contributed by atoms with Crippen molar-refractivity contribution in [3.8, 4) is 16.4 Å². The standard InChI is InChI=1S/C12H8N4O2S/c17-16(18)10-3-1-9(2-4-10)15-11(5-6-14-15)12-13-7-8-19-12/h1-8H. The van der Waals surface area contributed by atoms with Gasteiger partial charge in [-0.3, -0.25) is 10.1 Å². The minimum absolute atomic E-state index is 0.0618. The molecule has 1 aromatic carbocycles. The number of non-ortho nitro benzene ring substituents is 1. The number of nitro benzene ring substituents is 1. The van der Waals surface area contributed by atoms with Crippen LogP contribution in [0.5, 0.6) is 0 Å². The normalized spacial score (nSPS) is 10.5. The molecule has 0 fully saturated rings. The number of rotatable bonds is 3. The minimum atomic E-state index is -0.422. The lowest BCUT2D eigenvalue weighted by molar-refractivity contribution is -0.384. The highest BCUT2D eigenvalue weighted by Crippen LogP contribution is 2.24. The van der Waals surface area contributed by atoms with Crippen LogP contribution in [-0.2, 0) is 0 Å². The predicted molar refractivity (Wildman–Crippen MR) is 71.3 cm³/mol. The van der Waals surface area contributed by atoms with E-state index >= 15 is 0 Å². The Hall–Kier alpha value is -2.54. The van der Waals surface area contributed by atoms with Crippen LogP contribution in [0.3, 0.4) is 0 Å². The summed E-state index contributed by atoms with van der Waals surface area (Å²) in [6.07, 6.45) is 3.41. The largest absolute Gasteiger partial charge is 0.269 e. The van der Waals surface area contributed by atoms with Crippen LogP contribution in [0.4, 0.5) is 5.69 Å². The summed E-state index contributed by atoms with van der Waals surface area (Å²) in [4.78, 5) is 14.4. The van der Waals surface area contributed by atoms with E-state index in [2.05, 4.69) is 10.1 Å². The first-order chi connectivity index (χ1) is 9.25. The maximum atomic E-state index is 10.6. The third-order valence-corrected chi connectivity index (χ3v) is 3.39. The van der Waals surface area contributed by atoms with Crippen molar-refractivity contribution in [2.24, 2.45) is 0 Å². The molecule has 0 N–H and O–H groups in total. The number of aromatic nitrogens is 3. The van der Waals surface area contributed by atoms with Crippen molar-refractivity contribution in [1.82, 2.24) is 14.8 Å². The van der Waals surface area contributed by atoms with Gasteiger partial charge in [0.25, 0.3) is 5.69 Å². The first kappa shape index (κ1) is 11.5. The van der Waals surface area contributed by atoms with E-state index in [1.165, 1.54) is 23.5 Å². The Morgan fingerprint density at radius 1 is 1.16 bits per heavy atom. The molecular weight excluding hydrogens is 264 g/mol. The van der Waals surface area contributed by atoms with Crippen LogP contribution in [0.15, 0.2) is 48.1 Å². The van der Waals surface area contributed by atoms with Gasteiger partial charge in [0.2, 0.25) is 0 Å². The van der Waals surface area contributed by atoms with Gasteiger partial charge >= 0.3 is 0 Å². The molecular formula is C12H8N4O2S. The molecule has 2 aromatic heterocycles. The fourth-order valence-corrected chi connectivity index (χ4v) is 2.38. The molecule has 0 radical (unpaired) electrons. The molecule has 0 atom stereocenters. The average Bonchev–Trinajstić information content (AvgIpc) is 3.09. The lowest BCUT2D eigenvalue weighted by Gasteiger charge is -2.04. The molecule has 0 aliphatic rings. The summed E-state index contributed by atoms with van der Waals surface area (Å²) in [6, 6.07) is 8.12. The smallest absolute Gasteiger partial charge is 0.258 e. The van der Waals surface area contributed by atoms with Gasteiger partial charge in [0.1, 0.15) is 10.7 Å². The van der Waals surface area contributed by atoms with Crippen molar-refractivity contribution >= 4 is 17.0 Å². The zero-order chi connectivity index (χ0) is 13.2. The van der Waals surface area contributed by atoms with Crippen molar-refractivity contribution in [3.63, 3.8) is 0 Å². The molecule has 0 aliphatic heterocycles. The van der Waals surface area contributed by atoms with E-state index in [0.29, 0.717) is 0 Å². The van der Waals surface area contributed by atoms with E-state index in [1.54, 1.807) is 29.2 Å². The van der Waals surface area contributed by atoms with E-state index in [1.807, 2.05) is 11.4 Å². The summed E-state index contributed by atoms with van der Waals surface area (Å²) in [5.74, 6) is 0. The third-order valence-electron chi connectivity index (χ3n) is 2.60. The average molecular weight is 272 g/mol. The van der Waals surface area contributed by atoms with Crippen LogP contribution < -0.4 is 0 Å². The van der Waals surface area contributed by atoms with Crippen LogP contribution in [0.2, 0.25) is 0 Å². The quantitative estimate of drug-likeness (QED) is 0.542. The SMILES string of the molecule is O=[N+]([O-])c1ccc(-n2nccc2-c2nccs2)cc1. The van der Waals surface area contributed by atoms with Gasteiger partial charge < -0.3 is 0 Å². The minimum Gasteiger partial charge on any atom is -0.258 e. The van der Waals surface area contributed by atoms with Crippen LogP contribution >= 0.6 is 11.3 Å². The number of hydrogen-bond donors (Lipinski definition) is 0. The van der Waals surface area contributed by atoms with Crippen LogP contribution in [0.25, 0.3) is 16.4 Å². The lowest BCUT2D eigenvalue weighted by atomic mass is 10.3. The highest BCUT2D eigenvalue weighted by molar-refractivity contribution is 7.13. The van der Waals surface area contributed by atoms with Crippen LogP contribution in [-0.4, -0.2) is 19.7 Å². The summed E-state index contributed by atoms with van der Waals surface area (Å²) >= 11 is 1.52. The second-order valence-corrected chi connectivity index (χ2v) is 4.63. The summed E-state index contributed by atoms with van der Waals surface area (Å²) in [7, 11) is 0. The highest BCUT2D eigenvalue weighted by Gasteiger charge is 2.11. The summed E-state index contributed by atoms with van der Waals surface area (Å²) in [6.45, 7) is 0. The predicted octanol–water partition coefficient (Wildman–Crippen LogP) is 2.90. The number of hydrogen-bond acceptors (Lipinski definition) is 5. The zero-order valence-electron chi connectivity index (χ0n) is 9.63. The van der Waals surface area contributed by atoms with E-state index in [9.17, 15) is 10.1 Å². The van der Waals surface area contributed by atoms with E-state index in [0.717, 1.165) is 16.4 Å². The number of nitro groups is 1. The molecule has 2 heterocycles. The zero-order valence-corrected chi connectivity index (χ0v) is 10.4. The van der Waals surface area contributed by atoms with E-state index in [4.69, 9.17) is 0 Å². The third kappa shape index (κ3) is 2.11. The molecule has 6 nitrogen and oxygen atoms in total. The summed E-state index contributed by atoms with van der Waals surface area (Å²) in [5, 5.41) is 17.6. The summed E-state index contributed by atoms with van der Waals surface area (Å²) in [5.41, 5.74) is 1.69. The molecule has 94 valence electrons. The van der Waals surface area contributed by atoms with Gasteiger partial charge in [-0.2, -0.15) is 5.10 Å². The lowest BCUT2D eigenvalue weighted by Crippen LogP contribution is -1.99. The molecule has 0 saturated heterocycles. The molecule has 0 bridgehead atoms. The molecule has 0 unspecified atom stereocenters. The van der Waals surface area contributed by atoms with Gasteiger partial charge in [-0.25, -0.2) is 9.67 Å². The Morgan fingerprint density at radius 2 is 1.95 bits per heavy atom. The van der Waals surface area contributed by atoms with Gasteiger partial charge in [0.15, 0.2) is 0 Å². The maximum absolute atomic E-state index is 10.6. The van der Waals surface area contributed by atoms with Gasteiger partial charge in [-0.15, -0.1) is 11.3 Å². The second kappa shape index (κ2) is 4.62. The van der Waals surface area contributed by atoms with Crippen molar-refractivity contribution in [2.75, 3.05) is 0 Å². The molecule has 3 aromatic rings. The molecule has 0 spiro atoms. The Balaban J connectivity index is 2.03. The first-order valence-corrected chi connectivity index (χ1v) is 6.32. The maximum Gasteiger partial charge on any atom is 0.269 e. The molecule has 3 rings (SSSR count). The molecule has 0 aliphatic carbocycles. The summed E-state index contributed by atoms with van der Waals surface area (Å²) < 4.78 is 1.71. The Morgan fingerprint density at radius 3 is 2.58 bits per heavy atom.